The molecule has 0 aliphatic carbocycles. The van der Waals surface area contributed by atoms with Gasteiger partial charge in [-0.25, -0.2) is 9.07 Å². The summed E-state index contributed by atoms with van der Waals surface area (Å²) in [4.78, 5) is 14.0. The summed E-state index contributed by atoms with van der Waals surface area (Å²) >= 11 is 5.75. The van der Waals surface area contributed by atoms with E-state index in [9.17, 15) is 14.3 Å². The molecular weight excluding hydrogens is 323 g/mol. The molecule has 0 saturated carbocycles. The molecule has 0 unspecified atom stereocenters. The van der Waals surface area contributed by atoms with Gasteiger partial charge in [-0.1, -0.05) is 22.9 Å². The zero-order valence-corrected chi connectivity index (χ0v) is 13.3. The van der Waals surface area contributed by atoms with E-state index in [1.165, 1.54) is 27.9 Å². The summed E-state index contributed by atoms with van der Waals surface area (Å²) in [5.41, 5.74) is -0.681. The van der Waals surface area contributed by atoms with Gasteiger partial charge in [0.05, 0.1) is 16.8 Å². The van der Waals surface area contributed by atoms with E-state index >= 15 is 0 Å². The normalized spacial score (nSPS) is 21.5. The summed E-state index contributed by atoms with van der Waals surface area (Å²) in [5.74, 6) is -0.961. The van der Waals surface area contributed by atoms with Crippen molar-refractivity contribution in [3.05, 3.63) is 40.9 Å². The van der Waals surface area contributed by atoms with Crippen molar-refractivity contribution >= 4 is 17.5 Å². The maximum atomic E-state index is 14.0. The maximum Gasteiger partial charge on any atom is 0.276 e. The Morgan fingerprint density at radius 3 is 3.00 bits per heavy atom. The minimum absolute atomic E-state index is 0.0297. The Kier molecular flexibility index (Phi) is 4.08. The second-order valence-electron chi connectivity index (χ2n) is 5.95. The molecule has 3 rings (SSSR count). The predicted molar refractivity (Wildman–Crippen MR) is 82.1 cm³/mol. The molecule has 8 heteroatoms. The minimum atomic E-state index is -0.900. The summed E-state index contributed by atoms with van der Waals surface area (Å²) in [7, 11) is 0. The highest BCUT2D eigenvalue weighted by atomic mass is 35.5. The Labute approximate surface area is 137 Å². The van der Waals surface area contributed by atoms with Crippen LogP contribution in [0.15, 0.2) is 24.4 Å². The molecule has 1 amide bonds. The van der Waals surface area contributed by atoms with Crippen LogP contribution in [0, 0.1) is 5.82 Å². The fourth-order valence-corrected chi connectivity index (χ4v) is 2.87. The molecule has 2 aromatic rings. The van der Waals surface area contributed by atoms with E-state index in [1.807, 2.05) is 0 Å². The molecule has 1 N–H and O–H groups in total. The lowest BCUT2D eigenvalue weighted by atomic mass is 9.95. The molecule has 1 aromatic heterocycles. The first-order valence-electron chi connectivity index (χ1n) is 7.26. The first-order chi connectivity index (χ1) is 10.9. The molecule has 1 fully saturated rings. The fourth-order valence-electron chi connectivity index (χ4n) is 2.70. The van der Waals surface area contributed by atoms with E-state index in [-0.39, 0.29) is 28.9 Å². The second kappa shape index (κ2) is 5.90. The number of amides is 1. The van der Waals surface area contributed by atoms with Gasteiger partial charge in [0.15, 0.2) is 11.5 Å². The Bertz CT molecular complexity index is 747. The van der Waals surface area contributed by atoms with Gasteiger partial charge >= 0.3 is 0 Å². The first-order valence-corrected chi connectivity index (χ1v) is 7.63. The Balaban J connectivity index is 1.84. The van der Waals surface area contributed by atoms with Crippen molar-refractivity contribution in [2.45, 2.75) is 25.4 Å². The molecule has 1 aliphatic heterocycles. The van der Waals surface area contributed by atoms with Gasteiger partial charge in [0.25, 0.3) is 5.91 Å². The van der Waals surface area contributed by atoms with Gasteiger partial charge in [-0.15, -0.1) is 5.10 Å². The lowest BCUT2D eigenvalue weighted by Crippen LogP contribution is -2.48. The van der Waals surface area contributed by atoms with Crippen LogP contribution in [0.5, 0.6) is 0 Å². The summed E-state index contributed by atoms with van der Waals surface area (Å²) in [5, 5.41) is 17.7. The monoisotopic (exact) mass is 338 g/mol. The van der Waals surface area contributed by atoms with Gasteiger partial charge in [-0.05, 0) is 31.9 Å². The number of carbonyl (C=O) groups excluding carboxylic acids is 1. The van der Waals surface area contributed by atoms with Crippen molar-refractivity contribution < 1.29 is 14.3 Å². The number of β-amino-alcohol motifs (C(OH)–C–C–N with tert-alkyl or cyclic N) is 1. The second-order valence-corrected chi connectivity index (χ2v) is 6.36. The molecule has 0 spiro atoms. The third-order valence-electron chi connectivity index (χ3n) is 3.85. The topological polar surface area (TPSA) is 71.2 Å². The Hall–Kier alpha value is -1.99. The highest BCUT2D eigenvalue weighted by Gasteiger charge is 2.32. The van der Waals surface area contributed by atoms with Crippen molar-refractivity contribution in [3.63, 3.8) is 0 Å². The fraction of sp³-hybridized carbons (Fsp3) is 0.400. The van der Waals surface area contributed by atoms with E-state index in [4.69, 9.17) is 11.6 Å². The molecule has 122 valence electrons. The van der Waals surface area contributed by atoms with E-state index in [0.29, 0.717) is 13.0 Å². The number of benzene rings is 1. The van der Waals surface area contributed by atoms with Gasteiger partial charge in [0.1, 0.15) is 5.69 Å². The van der Waals surface area contributed by atoms with Gasteiger partial charge in [0.2, 0.25) is 0 Å². The van der Waals surface area contributed by atoms with Crippen LogP contribution in [-0.4, -0.2) is 49.6 Å². The van der Waals surface area contributed by atoms with Gasteiger partial charge in [0, 0.05) is 13.1 Å². The number of carbonyl (C=O) groups is 1. The summed E-state index contributed by atoms with van der Waals surface area (Å²) in [6, 6.07) is 4.51. The number of nitrogens with zero attached hydrogens (tertiary/aromatic N) is 4. The van der Waals surface area contributed by atoms with Crippen molar-refractivity contribution in [2.75, 3.05) is 13.1 Å². The largest absolute Gasteiger partial charge is 0.388 e. The van der Waals surface area contributed by atoms with Crippen LogP contribution in [0.25, 0.3) is 5.69 Å². The lowest BCUT2D eigenvalue weighted by molar-refractivity contribution is -0.0109. The number of hydrogen-bond donors (Lipinski definition) is 1. The average molecular weight is 339 g/mol. The zero-order valence-electron chi connectivity index (χ0n) is 12.5. The Morgan fingerprint density at radius 2 is 2.26 bits per heavy atom. The van der Waals surface area contributed by atoms with Crippen LogP contribution in [-0.2, 0) is 0 Å². The minimum Gasteiger partial charge on any atom is -0.388 e. The van der Waals surface area contributed by atoms with Crippen molar-refractivity contribution in [3.8, 4) is 5.69 Å². The van der Waals surface area contributed by atoms with Crippen molar-refractivity contribution in [2.24, 2.45) is 0 Å². The molecule has 2 heterocycles. The first kappa shape index (κ1) is 15.9. The number of hydrogen-bond acceptors (Lipinski definition) is 4. The predicted octanol–water partition coefficient (Wildman–Crippen LogP) is 2.05. The molecule has 6 nitrogen and oxygen atoms in total. The number of piperidine rings is 1. The molecule has 0 radical (unpaired) electrons. The molecule has 0 bridgehead atoms. The Morgan fingerprint density at radius 1 is 1.48 bits per heavy atom. The van der Waals surface area contributed by atoms with Crippen molar-refractivity contribution in [1.29, 1.82) is 0 Å². The summed E-state index contributed by atoms with van der Waals surface area (Å²) < 4.78 is 15.2. The number of rotatable bonds is 2. The zero-order chi connectivity index (χ0) is 16.6. The molecule has 1 saturated heterocycles. The average Bonchev–Trinajstić information content (AvgIpc) is 2.98. The number of likely N-dealkylation sites (tertiary alicyclic amines) is 1. The molecule has 1 aromatic carbocycles. The molecule has 23 heavy (non-hydrogen) atoms. The third kappa shape index (κ3) is 3.20. The molecule has 1 atom stereocenters. The van der Waals surface area contributed by atoms with Crippen LogP contribution >= 0.6 is 11.6 Å². The number of halogens is 2. The van der Waals surface area contributed by atoms with Crippen LogP contribution in [0.3, 0.4) is 0 Å². The number of aliphatic hydroxyl groups is 1. The van der Waals surface area contributed by atoms with E-state index in [0.717, 1.165) is 6.42 Å². The lowest BCUT2D eigenvalue weighted by Gasteiger charge is -2.36. The standard InChI is InChI=1S/C15H16ClFN4O2/c1-15(23)6-3-7-20(9-15)14(22)11-8-21(19-18-11)12-5-2-4-10(16)13(12)17/h2,4-5,8,23H,3,6-7,9H2,1H3/t15-/m0/s1. The molecular formula is C15H16ClFN4O2. The van der Waals surface area contributed by atoms with E-state index in [2.05, 4.69) is 10.3 Å². The van der Waals surface area contributed by atoms with E-state index in [1.54, 1.807) is 13.0 Å². The third-order valence-corrected chi connectivity index (χ3v) is 4.14. The summed E-state index contributed by atoms with van der Waals surface area (Å²) in [6.07, 6.45) is 2.73. The van der Waals surface area contributed by atoms with Crippen LogP contribution in [0.1, 0.15) is 30.3 Å². The van der Waals surface area contributed by atoms with Gasteiger partial charge in [-0.3, -0.25) is 4.79 Å². The van der Waals surface area contributed by atoms with Gasteiger partial charge < -0.3 is 10.0 Å². The van der Waals surface area contributed by atoms with Crippen LogP contribution in [0.2, 0.25) is 5.02 Å². The van der Waals surface area contributed by atoms with Gasteiger partial charge in [-0.2, -0.15) is 0 Å². The summed E-state index contributed by atoms with van der Waals surface area (Å²) in [6.45, 7) is 2.49. The van der Waals surface area contributed by atoms with Crippen LogP contribution in [0.4, 0.5) is 4.39 Å². The van der Waals surface area contributed by atoms with Crippen LogP contribution < -0.4 is 0 Å². The molecule has 1 aliphatic rings. The van der Waals surface area contributed by atoms with Crippen molar-refractivity contribution in [1.82, 2.24) is 19.9 Å². The quantitative estimate of drug-likeness (QED) is 0.909. The smallest absolute Gasteiger partial charge is 0.276 e. The van der Waals surface area contributed by atoms with E-state index < -0.39 is 11.4 Å². The number of aromatic nitrogens is 3. The maximum absolute atomic E-state index is 14.0. The highest BCUT2D eigenvalue weighted by molar-refractivity contribution is 6.30. The SMILES string of the molecule is C[C@]1(O)CCCN(C(=O)c2cn(-c3cccc(Cl)c3F)nn2)C1. The highest BCUT2D eigenvalue weighted by Crippen LogP contribution is 2.23.